The maximum absolute atomic E-state index is 12.7. The predicted octanol–water partition coefficient (Wildman–Crippen LogP) is 2.75. The molecule has 0 bridgehead atoms. The molecule has 1 aromatic carbocycles. The molecule has 0 saturated carbocycles. The van der Waals surface area contributed by atoms with Gasteiger partial charge < -0.3 is 4.74 Å². The van der Waals surface area contributed by atoms with E-state index < -0.39 is 5.60 Å². The van der Waals surface area contributed by atoms with Gasteiger partial charge in [-0.05, 0) is 31.0 Å². The van der Waals surface area contributed by atoms with Gasteiger partial charge in [-0.1, -0.05) is 19.1 Å². The summed E-state index contributed by atoms with van der Waals surface area (Å²) < 4.78 is 17.9. The van der Waals surface area contributed by atoms with E-state index in [1.165, 1.54) is 19.2 Å². The van der Waals surface area contributed by atoms with Crippen LogP contribution in [0.3, 0.4) is 0 Å². The molecule has 1 aromatic rings. The Labute approximate surface area is 95.4 Å². The van der Waals surface area contributed by atoms with E-state index in [4.69, 9.17) is 4.74 Å². The van der Waals surface area contributed by atoms with Crippen molar-refractivity contribution in [3.63, 3.8) is 0 Å². The number of carbonyl (C=O) groups excluding carboxylic acids is 1. The van der Waals surface area contributed by atoms with Crippen molar-refractivity contribution >= 4 is 5.78 Å². The Morgan fingerprint density at radius 3 is 2.38 bits per heavy atom. The minimum atomic E-state index is -0.742. The predicted molar refractivity (Wildman–Crippen MR) is 60.8 cm³/mol. The monoisotopic (exact) mass is 224 g/mol. The third-order valence-electron chi connectivity index (χ3n) is 2.99. The molecule has 2 nitrogen and oxygen atoms in total. The number of halogens is 1. The standard InChI is InChI=1S/C13H17FO2/c1-4-13(2,16-3)12(15)9-10-5-7-11(14)8-6-10/h5-8H,4,9H2,1-3H3. The maximum Gasteiger partial charge on any atom is 0.168 e. The van der Waals surface area contributed by atoms with E-state index in [2.05, 4.69) is 0 Å². The van der Waals surface area contributed by atoms with E-state index in [9.17, 15) is 9.18 Å². The number of rotatable bonds is 5. The topological polar surface area (TPSA) is 26.3 Å². The summed E-state index contributed by atoms with van der Waals surface area (Å²) in [4.78, 5) is 12.0. The Morgan fingerprint density at radius 1 is 1.38 bits per heavy atom. The molecule has 1 rings (SSSR count). The molecule has 0 N–H and O–H groups in total. The van der Waals surface area contributed by atoms with Crippen LogP contribution in [0.15, 0.2) is 24.3 Å². The molecule has 0 heterocycles. The Bertz CT molecular complexity index is 353. The SMILES string of the molecule is CCC(C)(OC)C(=O)Cc1ccc(F)cc1. The van der Waals surface area contributed by atoms with Gasteiger partial charge in [0.2, 0.25) is 0 Å². The summed E-state index contributed by atoms with van der Waals surface area (Å²) in [6, 6.07) is 5.97. The third-order valence-corrected chi connectivity index (χ3v) is 2.99. The highest BCUT2D eigenvalue weighted by Crippen LogP contribution is 2.18. The van der Waals surface area contributed by atoms with Crippen LogP contribution in [0, 0.1) is 5.82 Å². The number of ketones is 1. The van der Waals surface area contributed by atoms with Gasteiger partial charge in [0.05, 0.1) is 0 Å². The lowest BCUT2D eigenvalue weighted by molar-refractivity contribution is -0.138. The van der Waals surface area contributed by atoms with Crippen LogP contribution in [-0.2, 0) is 16.0 Å². The molecular weight excluding hydrogens is 207 g/mol. The van der Waals surface area contributed by atoms with Crippen LogP contribution in [0.25, 0.3) is 0 Å². The molecule has 0 aromatic heterocycles. The number of methoxy groups -OCH3 is 1. The molecule has 0 fully saturated rings. The molecule has 0 amide bonds. The molecule has 3 heteroatoms. The molecular formula is C13H17FO2. The van der Waals surface area contributed by atoms with E-state index in [1.807, 2.05) is 6.92 Å². The van der Waals surface area contributed by atoms with Crippen molar-refractivity contribution in [1.29, 1.82) is 0 Å². The van der Waals surface area contributed by atoms with Gasteiger partial charge in [-0.25, -0.2) is 4.39 Å². The lowest BCUT2D eigenvalue weighted by atomic mass is 9.92. The van der Waals surface area contributed by atoms with E-state index in [1.54, 1.807) is 19.1 Å². The summed E-state index contributed by atoms with van der Waals surface area (Å²) in [7, 11) is 1.53. The van der Waals surface area contributed by atoms with Crippen LogP contribution in [0.4, 0.5) is 4.39 Å². The van der Waals surface area contributed by atoms with Crippen LogP contribution in [0.5, 0.6) is 0 Å². The number of hydrogen-bond donors (Lipinski definition) is 0. The van der Waals surface area contributed by atoms with Gasteiger partial charge in [-0.3, -0.25) is 4.79 Å². The lowest BCUT2D eigenvalue weighted by Gasteiger charge is -2.24. The molecule has 0 aliphatic rings. The highest BCUT2D eigenvalue weighted by molar-refractivity contribution is 5.88. The number of hydrogen-bond acceptors (Lipinski definition) is 2. The molecule has 1 unspecified atom stereocenters. The number of ether oxygens (including phenoxy) is 1. The molecule has 0 aliphatic carbocycles. The summed E-state index contributed by atoms with van der Waals surface area (Å²) in [5.74, 6) is -0.273. The van der Waals surface area contributed by atoms with Gasteiger partial charge in [0.25, 0.3) is 0 Å². The highest BCUT2D eigenvalue weighted by atomic mass is 19.1. The summed E-state index contributed by atoms with van der Waals surface area (Å²) in [6.07, 6.45) is 0.905. The van der Waals surface area contributed by atoms with Gasteiger partial charge in [0, 0.05) is 13.5 Å². The van der Waals surface area contributed by atoms with Gasteiger partial charge in [0.15, 0.2) is 5.78 Å². The summed E-state index contributed by atoms with van der Waals surface area (Å²) >= 11 is 0. The first kappa shape index (κ1) is 12.8. The number of benzene rings is 1. The van der Waals surface area contributed by atoms with Gasteiger partial charge in [-0.15, -0.1) is 0 Å². The fraction of sp³-hybridized carbons (Fsp3) is 0.462. The van der Waals surface area contributed by atoms with Crippen molar-refractivity contribution in [3.8, 4) is 0 Å². The second-order valence-electron chi connectivity index (χ2n) is 4.01. The smallest absolute Gasteiger partial charge is 0.168 e. The van der Waals surface area contributed by atoms with Gasteiger partial charge in [0.1, 0.15) is 11.4 Å². The van der Waals surface area contributed by atoms with Crippen LogP contribution >= 0.6 is 0 Å². The zero-order chi connectivity index (χ0) is 12.2. The van der Waals surface area contributed by atoms with Crippen LogP contribution in [-0.4, -0.2) is 18.5 Å². The fourth-order valence-corrected chi connectivity index (χ4v) is 1.43. The summed E-state index contributed by atoms with van der Waals surface area (Å²) in [5.41, 5.74) is 0.0668. The summed E-state index contributed by atoms with van der Waals surface area (Å²) in [6.45, 7) is 3.69. The second-order valence-corrected chi connectivity index (χ2v) is 4.01. The minimum Gasteiger partial charge on any atom is -0.371 e. The van der Waals surface area contributed by atoms with E-state index >= 15 is 0 Å². The highest BCUT2D eigenvalue weighted by Gasteiger charge is 2.30. The van der Waals surface area contributed by atoms with Gasteiger partial charge in [-0.2, -0.15) is 0 Å². The van der Waals surface area contributed by atoms with Crippen molar-refractivity contribution in [2.45, 2.75) is 32.3 Å². The van der Waals surface area contributed by atoms with Crippen molar-refractivity contribution in [1.82, 2.24) is 0 Å². The van der Waals surface area contributed by atoms with E-state index in [0.717, 1.165) is 5.56 Å². The second kappa shape index (κ2) is 5.21. The van der Waals surface area contributed by atoms with E-state index in [0.29, 0.717) is 6.42 Å². The van der Waals surface area contributed by atoms with Gasteiger partial charge >= 0.3 is 0 Å². The van der Waals surface area contributed by atoms with Crippen molar-refractivity contribution in [2.75, 3.05) is 7.11 Å². The van der Waals surface area contributed by atoms with Crippen LogP contribution in [0.2, 0.25) is 0 Å². The largest absolute Gasteiger partial charge is 0.371 e. The average molecular weight is 224 g/mol. The normalized spacial score (nSPS) is 14.5. The Morgan fingerprint density at radius 2 is 1.94 bits per heavy atom. The van der Waals surface area contributed by atoms with Crippen molar-refractivity contribution in [3.05, 3.63) is 35.6 Å². The lowest BCUT2D eigenvalue weighted by Crippen LogP contribution is -2.37. The molecule has 0 aliphatic heterocycles. The van der Waals surface area contributed by atoms with Crippen molar-refractivity contribution < 1.29 is 13.9 Å². The maximum atomic E-state index is 12.7. The van der Waals surface area contributed by atoms with Crippen LogP contribution < -0.4 is 0 Å². The Hall–Kier alpha value is -1.22. The fourth-order valence-electron chi connectivity index (χ4n) is 1.43. The molecule has 88 valence electrons. The van der Waals surface area contributed by atoms with Crippen LogP contribution in [0.1, 0.15) is 25.8 Å². The zero-order valence-corrected chi connectivity index (χ0v) is 9.92. The first-order chi connectivity index (χ1) is 7.51. The first-order valence-corrected chi connectivity index (χ1v) is 5.34. The summed E-state index contributed by atoms with van der Waals surface area (Å²) in [5, 5.41) is 0. The third kappa shape index (κ3) is 2.89. The molecule has 0 radical (unpaired) electrons. The van der Waals surface area contributed by atoms with E-state index in [-0.39, 0.29) is 18.0 Å². The number of carbonyl (C=O) groups is 1. The Kier molecular flexibility index (Phi) is 4.19. The molecule has 0 saturated heterocycles. The molecule has 0 spiro atoms. The van der Waals surface area contributed by atoms with Crippen molar-refractivity contribution in [2.24, 2.45) is 0 Å². The average Bonchev–Trinajstić information content (AvgIpc) is 2.31. The molecule has 16 heavy (non-hydrogen) atoms. The minimum absolute atomic E-state index is 0.0177. The first-order valence-electron chi connectivity index (χ1n) is 5.34. The molecule has 1 atom stereocenters. The number of Topliss-reactive ketones (excluding diaryl/α,β-unsaturated/α-hetero) is 1. The zero-order valence-electron chi connectivity index (χ0n) is 9.92. The quantitative estimate of drug-likeness (QED) is 0.768. The Balaban J connectivity index is 2.74.